The van der Waals surface area contributed by atoms with Crippen LogP contribution in [0.4, 0.5) is 13.2 Å². The van der Waals surface area contributed by atoms with Crippen LogP contribution in [0.2, 0.25) is 0 Å². The van der Waals surface area contributed by atoms with Gasteiger partial charge < -0.3 is 5.73 Å². The van der Waals surface area contributed by atoms with Gasteiger partial charge in [0, 0.05) is 19.5 Å². The van der Waals surface area contributed by atoms with Crippen molar-refractivity contribution < 1.29 is 21.6 Å². The second-order valence-electron chi connectivity index (χ2n) is 4.41. The van der Waals surface area contributed by atoms with Gasteiger partial charge in [0.15, 0.2) is 0 Å². The largest absolute Gasteiger partial charge is 0.402 e. The van der Waals surface area contributed by atoms with Gasteiger partial charge in [0.1, 0.15) is 6.54 Å². The SMILES string of the molecule is CC(C)CN(CCC(N)=S)S(=O)(=O)NCC(F)(F)F. The van der Waals surface area contributed by atoms with Crippen LogP contribution in [-0.4, -0.2) is 43.5 Å². The molecule has 10 heteroatoms. The predicted octanol–water partition coefficient (Wildman–Crippen LogP) is 1.02. The summed E-state index contributed by atoms with van der Waals surface area (Å²) in [6.45, 7) is 1.97. The van der Waals surface area contributed by atoms with Crippen molar-refractivity contribution in [2.75, 3.05) is 19.6 Å². The third kappa shape index (κ3) is 9.14. The van der Waals surface area contributed by atoms with E-state index in [0.717, 1.165) is 4.31 Å². The third-order valence-corrected chi connectivity index (χ3v) is 3.70. The minimum absolute atomic E-state index is 0.0335. The Kier molecular flexibility index (Phi) is 7.19. The number of hydrogen-bond acceptors (Lipinski definition) is 3. The molecule has 0 amide bonds. The van der Waals surface area contributed by atoms with Crippen LogP contribution < -0.4 is 10.5 Å². The zero-order valence-corrected chi connectivity index (χ0v) is 12.3. The van der Waals surface area contributed by atoms with Gasteiger partial charge in [-0.05, 0) is 5.92 Å². The molecule has 0 aliphatic carbocycles. The van der Waals surface area contributed by atoms with Crippen molar-refractivity contribution in [2.24, 2.45) is 11.7 Å². The maximum absolute atomic E-state index is 12.0. The first kappa shape index (κ1) is 18.6. The number of thiocarbonyl (C=S) groups is 1. The molecule has 0 fully saturated rings. The molecule has 0 saturated carbocycles. The number of halogens is 3. The summed E-state index contributed by atoms with van der Waals surface area (Å²) < 4.78 is 62.1. The molecule has 0 aromatic heterocycles. The molecule has 0 aliphatic heterocycles. The zero-order chi connectivity index (χ0) is 15.3. The highest BCUT2D eigenvalue weighted by molar-refractivity contribution is 7.87. The Hall–Kier alpha value is -0.450. The smallest absolute Gasteiger partial charge is 0.393 e. The fourth-order valence-electron chi connectivity index (χ4n) is 1.22. The molecule has 3 N–H and O–H groups in total. The molecule has 0 atom stereocenters. The second-order valence-corrected chi connectivity index (χ2v) is 6.69. The van der Waals surface area contributed by atoms with Gasteiger partial charge >= 0.3 is 6.18 Å². The van der Waals surface area contributed by atoms with Gasteiger partial charge in [-0.1, -0.05) is 26.1 Å². The van der Waals surface area contributed by atoms with E-state index in [1.807, 2.05) is 0 Å². The minimum Gasteiger partial charge on any atom is -0.393 e. The Labute approximate surface area is 116 Å². The highest BCUT2D eigenvalue weighted by atomic mass is 32.2. The predicted molar refractivity (Wildman–Crippen MR) is 70.8 cm³/mol. The Bertz CT molecular complexity index is 396. The molecule has 0 rings (SSSR count). The number of alkyl halides is 3. The van der Waals surface area contributed by atoms with E-state index in [9.17, 15) is 21.6 Å². The quantitative estimate of drug-likeness (QED) is 0.655. The molecule has 0 spiro atoms. The van der Waals surface area contributed by atoms with E-state index in [2.05, 4.69) is 12.2 Å². The summed E-state index contributed by atoms with van der Waals surface area (Å²) in [5.74, 6) is -0.0335. The van der Waals surface area contributed by atoms with Crippen molar-refractivity contribution in [3.63, 3.8) is 0 Å². The highest BCUT2D eigenvalue weighted by Crippen LogP contribution is 2.14. The minimum atomic E-state index is -4.60. The van der Waals surface area contributed by atoms with Gasteiger partial charge in [0.05, 0.1) is 4.99 Å². The first-order valence-corrected chi connectivity index (χ1v) is 7.38. The van der Waals surface area contributed by atoms with Gasteiger partial charge in [-0.3, -0.25) is 0 Å². The second kappa shape index (κ2) is 7.36. The van der Waals surface area contributed by atoms with Crippen LogP contribution in [0.3, 0.4) is 0 Å². The maximum Gasteiger partial charge on any atom is 0.402 e. The number of nitrogens with zero attached hydrogens (tertiary/aromatic N) is 1. The van der Waals surface area contributed by atoms with Crippen molar-refractivity contribution in [3.05, 3.63) is 0 Å². The van der Waals surface area contributed by atoms with Crippen LogP contribution in [0.1, 0.15) is 20.3 Å². The summed E-state index contributed by atoms with van der Waals surface area (Å²) in [5.41, 5.74) is 5.27. The van der Waals surface area contributed by atoms with Crippen molar-refractivity contribution in [2.45, 2.75) is 26.4 Å². The molecule has 0 aliphatic rings. The van der Waals surface area contributed by atoms with Crippen LogP contribution >= 0.6 is 12.2 Å². The van der Waals surface area contributed by atoms with Crippen molar-refractivity contribution in [1.82, 2.24) is 9.03 Å². The average Bonchev–Trinajstić information content (AvgIpc) is 2.19. The number of nitrogens with one attached hydrogen (secondary N) is 1. The van der Waals surface area contributed by atoms with Crippen molar-refractivity contribution >= 4 is 27.4 Å². The number of hydrogen-bond donors (Lipinski definition) is 2. The molecule has 0 bridgehead atoms. The Morgan fingerprint density at radius 2 is 1.95 bits per heavy atom. The van der Waals surface area contributed by atoms with E-state index in [1.54, 1.807) is 13.8 Å². The lowest BCUT2D eigenvalue weighted by atomic mass is 10.2. The summed E-state index contributed by atoms with van der Waals surface area (Å²) >= 11 is 4.63. The summed E-state index contributed by atoms with van der Waals surface area (Å²) in [6, 6.07) is 0. The average molecular weight is 321 g/mol. The van der Waals surface area contributed by atoms with Crippen LogP contribution in [0.5, 0.6) is 0 Å². The Morgan fingerprint density at radius 3 is 2.32 bits per heavy atom. The molecule has 0 aromatic rings. The third-order valence-electron chi connectivity index (χ3n) is 1.97. The van der Waals surface area contributed by atoms with Gasteiger partial charge in [0.25, 0.3) is 10.2 Å². The van der Waals surface area contributed by atoms with Crippen LogP contribution in [-0.2, 0) is 10.2 Å². The summed E-state index contributed by atoms with van der Waals surface area (Å²) in [5, 5.41) is 0. The number of rotatable bonds is 8. The molecule has 0 unspecified atom stereocenters. The van der Waals surface area contributed by atoms with Gasteiger partial charge in [-0.2, -0.15) is 30.6 Å². The summed E-state index contributed by atoms with van der Waals surface area (Å²) in [6.07, 6.45) is -4.48. The van der Waals surface area contributed by atoms with Crippen molar-refractivity contribution in [1.29, 1.82) is 0 Å². The van der Waals surface area contributed by atoms with Gasteiger partial charge in [-0.25, -0.2) is 0 Å². The molecule has 0 heterocycles. The molecule has 19 heavy (non-hydrogen) atoms. The molecular weight excluding hydrogens is 303 g/mol. The lowest BCUT2D eigenvalue weighted by Crippen LogP contribution is -2.46. The molecule has 0 aromatic carbocycles. The van der Waals surface area contributed by atoms with E-state index in [-0.39, 0.29) is 30.4 Å². The van der Waals surface area contributed by atoms with Gasteiger partial charge in [-0.15, -0.1) is 0 Å². The Balaban J connectivity index is 4.75. The molecule has 0 radical (unpaired) electrons. The molecule has 5 nitrogen and oxygen atoms in total. The topological polar surface area (TPSA) is 75.4 Å². The molecule has 114 valence electrons. The standard InChI is InChI=1S/C9H18F3N3O2S2/c1-7(2)5-15(4-3-8(13)18)19(16,17)14-6-9(10,11)12/h7,14H,3-6H2,1-2H3,(H2,13,18). The zero-order valence-electron chi connectivity index (χ0n) is 10.7. The van der Waals surface area contributed by atoms with E-state index in [0.29, 0.717) is 0 Å². The monoisotopic (exact) mass is 321 g/mol. The van der Waals surface area contributed by atoms with E-state index < -0.39 is 22.9 Å². The highest BCUT2D eigenvalue weighted by Gasteiger charge is 2.32. The van der Waals surface area contributed by atoms with E-state index in [1.165, 1.54) is 4.72 Å². The van der Waals surface area contributed by atoms with Crippen LogP contribution in [0.25, 0.3) is 0 Å². The maximum atomic E-state index is 12.0. The van der Waals surface area contributed by atoms with E-state index in [4.69, 9.17) is 5.73 Å². The first-order chi connectivity index (χ1) is 8.44. The summed E-state index contributed by atoms with van der Waals surface area (Å²) in [7, 11) is -4.20. The van der Waals surface area contributed by atoms with E-state index >= 15 is 0 Å². The lowest BCUT2D eigenvalue weighted by molar-refractivity contribution is -0.121. The van der Waals surface area contributed by atoms with Crippen LogP contribution in [0, 0.1) is 5.92 Å². The van der Waals surface area contributed by atoms with Crippen molar-refractivity contribution in [3.8, 4) is 0 Å². The fourth-order valence-corrected chi connectivity index (χ4v) is 2.66. The normalized spacial score (nSPS) is 13.2. The number of nitrogens with two attached hydrogens (primary N) is 1. The summed E-state index contributed by atoms with van der Waals surface area (Å²) in [4.78, 5) is 0.111. The Morgan fingerprint density at radius 1 is 1.42 bits per heavy atom. The fraction of sp³-hybridized carbons (Fsp3) is 0.889. The first-order valence-electron chi connectivity index (χ1n) is 5.54. The molecular formula is C9H18F3N3O2S2. The molecule has 0 saturated heterocycles. The van der Waals surface area contributed by atoms with Gasteiger partial charge in [0.2, 0.25) is 0 Å². The lowest BCUT2D eigenvalue weighted by Gasteiger charge is -2.24. The van der Waals surface area contributed by atoms with Crippen LogP contribution in [0.15, 0.2) is 0 Å².